The minimum Gasteiger partial charge on any atom is -0.360 e. The normalized spacial score (nSPS) is 15.0. The van der Waals surface area contributed by atoms with Gasteiger partial charge in [0.25, 0.3) is 0 Å². The maximum Gasteiger partial charge on any atom is 0.223 e. The van der Waals surface area contributed by atoms with E-state index in [9.17, 15) is 4.79 Å². The Balaban J connectivity index is 0.00000288. The highest BCUT2D eigenvalue weighted by Gasteiger charge is 2.20. The number of guanidine groups is 1. The summed E-state index contributed by atoms with van der Waals surface area (Å²) in [7, 11) is 3.56. The van der Waals surface area contributed by atoms with Gasteiger partial charge in [0.15, 0.2) is 5.96 Å². The lowest BCUT2D eigenvalue weighted by molar-refractivity contribution is -0.128. The number of amides is 1. The van der Waals surface area contributed by atoms with Gasteiger partial charge in [-0.1, -0.05) is 0 Å². The van der Waals surface area contributed by atoms with Crippen LogP contribution in [0.1, 0.15) is 13.3 Å². The van der Waals surface area contributed by atoms with Crippen molar-refractivity contribution in [2.24, 2.45) is 4.99 Å². The van der Waals surface area contributed by atoms with Crippen LogP contribution in [0.25, 0.3) is 0 Å². The molecule has 0 aromatic carbocycles. The Morgan fingerprint density at radius 1 is 1.33 bits per heavy atom. The van der Waals surface area contributed by atoms with Crippen molar-refractivity contribution >= 4 is 52.2 Å². The van der Waals surface area contributed by atoms with Crippen LogP contribution in [0.3, 0.4) is 0 Å². The van der Waals surface area contributed by atoms with Crippen LogP contribution in [-0.2, 0) is 4.79 Å². The van der Waals surface area contributed by atoms with Gasteiger partial charge in [-0.05, 0) is 24.4 Å². The highest BCUT2D eigenvalue weighted by molar-refractivity contribution is 14.0. The maximum atomic E-state index is 11.6. The first-order valence-corrected chi connectivity index (χ1v) is 9.01. The molecule has 1 aromatic rings. The third-order valence-corrected chi connectivity index (χ3v) is 4.75. The van der Waals surface area contributed by atoms with Crippen molar-refractivity contribution in [1.29, 1.82) is 0 Å². The number of aliphatic imine (C=N–C) groups is 1. The van der Waals surface area contributed by atoms with E-state index < -0.39 is 0 Å². The molecule has 0 spiro atoms. The molecule has 0 bridgehead atoms. The van der Waals surface area contributed by atoms with Crippen LogP contribution < -0.4 is 10.2 Å². The van der Waals surface area contributed by atoms with Crippen molar-refractivity contribution in [2.45, 2.75) is 13.3 Å². The van der Waals surface area contributed by atoms with Crippen molar-refractivity contribution in [2.75, 3.05) is 58.3 Å². The van der Waals surface area contributed by atoms with Crippen LogP contribution in [0.4, 0.5) is 5.00 Å². The SMILES string of the molecule is CCNC(=NCCC(=O)N(C)C)N1CCN(c2cccs2)CC1.I. The first-order valence-electron chi connectivity index (χ1n) is 8.13. The molecule has 0 atom stereocenters. The van der Waals surface area contributed by atoms with Crippen LogP contribution >= 0.6 is 35.3 Å². The average Bonchev–Trinajstić information content (AvgIpc) is 3.08. The summed E-state index contributed by atoms with van der Waals surface area (Å²) < 4.78 is 0. The molecule has 1 aliphatic rings. The van der Waals surface area contributed by atoms with Gasteiger partial charge in [0.05, 0.1) is 11.5 Å². The lowest BCUT2D eigenvalue weighted by atomic mass is 10.3. The lowest BCUT2D eigenvalue weighted by Gasteiger charge is -2.37. The molecule has 0 unspecified atom stereocenters. The largest absolute Gasteiger partial charge is 0.360 e. The molecule has 0 saturated carbocycles. The summed E-state index contributed by atoms with van der Waals surface area (Å²) >= 11 is 1.79. The number of anilines is 1. The highest BCUT2D eigenvalue weighted by Crippen LogP contribution is 2.22. The summed E-state index contributed by atoms with van der Waals surface area (Å²) in [6.07, 6.45) is 0.455. The van der Waals surface area contributed by atoms with E-state index in [4.69, 9.17) is 0 Å². The number of halogens is 1. The van der Waals surface area contributed by atoms with E-state index in [1.165, 1.54) is 5.00 Å². The van der Waals surface area contributed by atoms with Crippen molar-refractivity contribution in [1.82, 2.24) is 15.1 Å². The number of carbonyl (C=O) groups excluding carboxylic acids is 1. The van der Waals surface area contributed by atoms with Gasteiger partial charge in [-0.15, -0.1) is 35.3 Å². The molecule has 1 aromatic heterocycles. The van der Waals surface area contributed by atoms with Gasteiger partial charge < -0.3 is 20.0 Å². The average molecular weight is 465 g/mol. The predicted octanol–water partition coefficient (Wildman–Crippen LogP) is 1.93. The Morgan fingerprint density at radius 3 is 2.58 bits per heavy atom. The first-order chi connectivity index (χ1) is 11.1. The van der Waals surface area contributed by atoms with Gasteiger partial charge in [0.2, 0.25) is 5.91 Å². The molecule has 8 heteroatoms. The minimum absolute atomic E-state index is 0. The van der Waals surface area contributed by atoms with E-state index >= 15 is 0 Å². The fourth-order valence-corrected chi connectivity index (χ4v) is 3.28. The van der Waals surface area contributed by atoms with Crippen molar-refractivity contribution in [3.8, 4) is 0 Å². The lowest BCUT2D eigenvalue weighted by Crippen LogP contribution is -2.52. The molecule has 24 heavy (non-hydrogen) atoms. The molecule has 136 valence electrons. The molecular formula is C16H28IN5OS. The van der Waals surface area contributed by atoms with E-state index in [1.54, 1.807) is 30.3 Å². The van der Waals surface area contributed by atoms with E-state index in [0.29, 0.717) is 13.0 Å². The standard InChI is InChI=1S/C16H27N5OS.HI/c1-4-17-16(18-8-7-14(22)19(2)3)21-11-9-20(10-12-21)15-6-5-13-23-15;/h5-6,13H,4,7-12H2,1-3H3,(H,17,18);1H. The Kier molecular flexibility index (Phi) is 9.42. The molecule has 1 aliphatic heterocycles. The van der Waals surface area contributed by atoms with Crippen molar-refractivity contribution in [3.05, 3.63) is 17.5 Å². The van der Waals surface area contributed by atoms with Crippen molar-refractivity contribution in [3.63, 3.8) is 0 Å². The third-order valence-electron chi connectivity index (χ3n) is 3.82. The summed E-state index contributed by atoms with van der Waals surface area (Å²) in [5.74, 6) is 1.04. The summed E-state index contributed by atoms with van der Waals surface area (Å²) in [6, 6.07) is 4.27. The third kappa shape index (κ3) is 6.12. The van der Waals surface area contributed by atoms with Gasteiger partial charge in [-0.25, -0.2) is 0 Å². The zero-order valence-electron chi connectivity index (χ0n) is 14.7. The van der Waals surface area contributed by atoms with Crippen molar-refractivity contribution < 1.29 is 4.79 Å². The minimum atomic E-state index is 0. The fourth-order valence-electron chi connectivity index (χ4n) is 2.50. The van der Waals surface area contributed by atoms with Gasteiger partial charge in [-0.2, -0.15) is 0 Å². The zero-order valence-corrected chi connectivity index (χ0v) is 17.8. The summed E-state index contributed by atoms with van der Waals surface area (Å²) in [6.45, 7) is 7.35. The number of rotatable bonds is 5. The van der Waals surface area contributed by atoms with Crippen LogP contribution in [0.5, 0.6) is 0 Å². The quantitative estimate of drug-likeness (QED) is 0.410. The van der Waals surface area contributed by atoms with Crippen LogP contribution in [0, 0.1) is 0 Å². The summed E-state index contributed by atoms with van der Waals surface area (Å²) in [4.78, 5) is 22.6. The summed E-state index contributed by atoms with van der Waals surface area (Å²) in [5.41, 5.74) is 0. The number of carbonyl (C=O) groups is 1. The summed E-state index contributed by atoms with van der Waals surface area (Å²) in [5, 5.41) is 6.80. The van der Waals surface area contributed by atoms with Gasteiger partial charge in [0.1, 0.15) is 0 Å². The van der Waals surface area contributed by atoms with E-state index in [0.717, 1.165) is 38.7 Å². The number of nitrogens with one attached hydrogen (secondary N) is 1. The Hall–Kier alpha value is -1.03. The molecule has 1 amide bonds. The Labute approximate surface area is 165 Å². The molecule has 2 rings (SSSR count). The second-order valence-corrected chi connectivity index (χ2v) is 6.63. The van der Waals surface area contributed by atoms with Crippen LogP contribution in [0.2, 0.25) is 0 Å². The van der Waals surface area contributed by atoms with Crippen LogP contribution in [-0.4, -0.2) is 75.0 Å². The smallest absolute Gasteiger partial charge is 0.223 e. The zero-order chi connectivity index (χ0) is 16.7. The number of hydrogen-bond acceptors (Lipinski definition) is 4. The molecule has 0 radical (unpaired) electrons. The molecule has 1 fully saturated rings. The van der Waals surface area contributed by atoms with E-state index in [-0.39, 0.29) is 29.9 Å². The monoisotopic (exact) mass is 465 g/mol. The first kappa shape index (κ1) is 21.0. The number of thiophene rings is 1. The van der Waals surface area contributed by atoms with Gasteiger partial charge in [0, 0.05) is 53.2 Å². The fraction of sp³-hybridized carbons (Fsp3) is 0.625. The van der Waals surface area contributed by atoms with Crippen LogP contribution in [0.15, 0.2) is 22.5 Å². The maximum absolute atomic E-state index is 11.6. The Morgan fingerprint density at radius 2 is 2.04 bits per heavy atom. The number of piperazine rings is 1. The topological polar surface area (TPSA) is 51.2 Å². The molecule has 1 saturated heterocycles. The van der Waals surface area contributed by atoms with Gasteiger partial charge in [-0.3, -0.25) is 9.79 Å². The Bertz CT molecular complexity index is 513. The molecule has 0 aliphatic carbocycles. The highest BCUT2D eigenvalue weighted by atomic mass is 127. The predicted molar refractivity (Wildman–Crippen MR) is 113 cm³/mol. The number of nitrogens with zero attached hydrogens (tertiary/aromatic N) is 4. The molecule has 2 heterocycles. The van der Waals surface area contributed by atoms with Gasteiger partial charge >= 0.3 is 0 Å². The van der Waals surface area contributed by atoms with E-state index in [1.807, 2.05) is 0 Å². The second-order valence-electron chi connectivity index (χ2n) is 5.70. The molecule has 6 nitrogen and oxygen atoms in total. The second kappa shape index (κ2) is 10.8. The van der Waals surface area contributed by atoms with E-state index in [2.05, 4.69) is 44.5 Å². The number of hydrogen-bond donors (Lipinski definition) is 1. The molecular weight excluding hydrogens is 437 g/mol. The molecule has 1 N–H and O–H groups in total.